The van der Waals surface area contributed by atoms with Gasteiger partial charge in [0, 0.05) is 10.4 Å². The molecule has 8 heteroatoms. The molecule has 0 saturated carbocycles. The third kappa shape index (κ3) is 4.54. The molecule has 6 nitrogen and oxygen atoms in total. The lowest BCUT2D eigenvalue weighted by atomic mass is 9.76. The molecule has 0 radical (unpaired) electrons. The molecule has 0 bridgehead atoms. The number of esters is 1. The quantitative estimate of drug-likeness (QED) is 0.497. The number of nitrogens with one attached hydrogen (secondary N) is 1. The van der Waals surface area contributed by atoms with Gasteiger partial charge in [-0.15, -0.1) is 11.3 Å². The minimum Gasteiger partial charge on any atom is -0.481 e. The fourth-order valence-electron chi connectivity index (χ4n) is 3.93. The molecule has 2 aromatic rings. The molecule has 0 aliphatic heterocycles. The Hall–Kier alpha value is -3.00. The highest BCUT2D eigenvalue weighted by molar-refractivity contribution is 7.17. The molecule has 2 unspecified atom stereocenters. The van der Waals surface area contributed by atoms with Gasteiger partial charge in [0.2, 0.25) is 5.91 Å². The molecule has 31 heavy (non-hydrogen) atoms. The molecule has 1 aliphatic rings. The predicted octanol–water partition coefficient (Wildman–Crippen LogP) is 5.03. The van der Waals surface area contributed by atoms with Gasteiger partial charge in [-0.1, -0.05) is 23.3 Å². The minimum atomic E-state index is -1.02. The van der Waals surface area contributed by atoms with Crippen LogP contribution in [0.5, 0.6) is 0 Å². The summed E-state index contributed by atoms with van der Waals surface area (Å²) in [4.78, 5) is 38.2. The second-order valence-electron chi connectivity index (χ2n) is 7.75. The van der Waals surface area contributed by atoms with E-state index in [9.17, 15) is 23.9 Å². The van der Waals surface area contributed by atoms with E-state index >= 15 is 0 Å². The Labute approximate surface area is 183 Å². The van der Waals surface area contributed by atoms with Gasteiger partial charge in [-0.3, -0.25) is 9.59 Å². The van der Waals surface area contributed by atoms with Crippen molar-refractivity contribution in [2.75, 3.05) is 12.4 Å². The number of thiophene rings is 1. The minimum absolute atomic E-state index is 0.177. The summed E-state index contributed by atoms with van der Waals surface area (Å²) in [5, 5.41) is 12.7. The zero-order valence-electron chi connectivity index (χ0n) is 17.7. The third-order valence-corrected chi connectivity index (χ3v) is 6.78. The van der Waals surface area contributed by atoms with Crippen LogP contribution in [0, 0.1) is 24.6 Å². The summed E-state index contributed by atoms with van der Waals surface area (Å²) in [5.41, 5.74) is 3.33. The van der Waals surface area contributed by atoms with E-state index in [0.29, 0.717) is 29.0 Å². The van der Waals surface area contributed by atoms with E-state index in [1.807, 2.05) is 13.8 Å². The van der Waals surface area contributed by atoms with Crippen molar-refractivity contribution in [2.45, 2.75) is 33.6 Å². The van der Waals surface area contributed by atoms with Gasteiger partial charge in [0.1, 0.15) is 16.4 Å². The number of carboxylic acids is 1. The Bertz CT molecular complexity index is 1070. The molecule has 1 amide bonds. The van der Waals surface area contributed by atoms with E-state index in [0.717, 1.165) is 16.0 Å². The van der Waals surface area contributed by atoms with Crippen LogP contribution in [-0.4, -0.2) is 30.1 Å². The zero-order valence-corrected chi connectivity index (χ0v) is 18.6. The second kappa shape index (κ2) is 9.01. The number of anilines is 1. The first-order valence-corrected chi connectivity index (χ1v) is 10.6. The van der Waals surface area contributed by atoms with Crippen molar-refractivity contribution in [1.29, 1.82) is 0 Å². The van der Waals surface area contributed by atoms with E-state index in [-0.39, 0.29) is 5.56 Å². The van der Waals surface area contributed by atoms with Crippen molar-refractivity contribution in [3.05, 3.63) is 51.7 Å². The van der Waals surface area contributed by atoms with Crippen LogP contribution in [0.4, 0.5) is 9.39 Å². The van der Waals surface area contributed by atoms with Crippen LogP contribution in [0.2, 0.25) is 0 Å². The fraction of sp³-hybridized carbons (Fsp3) is 0.348. The molecule has 3 rings (SSSR count). The normalized spacial score (nSPS) is 18.6. The van der Waals surface area contributed by atoms with Crippen LogP contribution >= 0.6 is 11.3 Å². The SMILES string of the molecule is COC(=O)c1c(NC(=O)C2CC(C)=C(C)CC2C(=O)O)sc(C)c1-c1ccc(F)cc1. The molecule has 1 aromatic heterocycles. The van der Waals surface area contributed by atoms with Crippen LogP contribution in [0.25, 0.3) is 11.1 Å². The van der Waals surface area contributed by atoms with Crippen molar-refractivity contribution < 1.29 is 28.6 Å². The molecule has 0 spiro atoms. The summed E-state index contributed by atoms with van der Waals surface area (Å²) in [6.07, 6.45) is 0.658. The lowest BCUT2D eigenvalue weighted by molar-refractivity contribution is -0.146. The maximum absolute atomic E-state index is 13.4. The highest BCUT2D eigenvalue weighted by Crippen LogP contribution is 2.42. The van der Waals surface area contributed by atoms with Crippen LogP contribution in [-0.2, 0) is 14.3 Å². The van der Waals surface area contributed by atoms with E-state index < -0.39 is 35.5 Å². The monoisotopic (exact) mass is 445 g/mol. The number of carbonyl (C=O) groups excluding carboxylic acids is 2. The van der Waals surface area contributed by atoms with Crippen LogP contribution in [0.15, 0.2) is 35.4 Å². The number of carbonyl (C=O) groups is 3. The summed E-state index contributed by atoms with van der Waals surface area (Å²) >= 11 is 1.20. The van der Waals surface area contributed by atoms with Gasteiger partial charge in [0.05, 0.1) is 18.9 Å². The van der Waals surface area contributed by atoms with Crippen LogP contribution < -0.4 is 5.32 Å². The van der Waals surface area contributed by atoms with Gasteiger partial charge >= 0.3 is 11.9 Å². The van der Waals surface area contributed by atoms with E-state index in [1.54, 1.807) is 19.1 Å². The number of halogens is 1. The summed E-state index contributed by atoms with van der Waals surface area (Å²) in [7, 11) is 1.24. The van der Waals surface area contributed by atoms with Gasteiger partial charge in [-0.05, 0) is 51.3 Å². The second-order valence-corrected chi connectivity index (χ2v) is 8.97. The standard InChI is InChI=1S/C23H24FNO5S/c1-11-9-16(17(22(27)28)10-12(11)2)20(26)25-21-19(23(29)30-4)18(13(3)31-21)14-5-7-15(24)8-6-14/h5-8,16-17H,9-10H2,1-4H3,(H,25,26)(H,27,28). The van der Waals surface area contributed by atoms with E-state index in [2.05, 4.69) is 5.32 Å². The highest BCUT2D eigenvalue weighted by Gasteiger charge is 2.38. The largest absolute Gasteiger partial charge is 0.481 e. The van der Waals surface area contributed by atoms with Crippen molar-refractivity contribution >= 4 is 34.2 Å². The molecule has 1 aliphatic carbocycles. The summed E-state index contributed by atoms with van der Waals surface area (Å²) in [6, 6.07) is 5.70. The number of ether oxygens (including phenoxy) is 1. The zero-order chi connectivity index (χ0) is 22.9. The molecule has 2 N–H and O–H groups in total. The number of amides is 1. The van der Waals surface area contributed by atoms with Crippen LogP contribution in [0.1, 0.15) is 41.9 Å². The third-order valence-electron chi connectivity index (χ3n) is 5.76. The van der Waals surface area contributed by atoms with Crippen LogP contribution in [0.3, 0.4) is 0 Å². The Morgan fingerprint density at radius 1 is 1.06 bits per heavy atom. The number of hydrogen-bond acceptors (Lipinski definition) is 5. The van der Waals surface area contributed by atoms with E-state index in [4.69, 9.17) is 4.74 Å². The summed E-state index contributed by atoms with van der Waals surface area (Å²) in [5.74, 6) is -4.08. The average Bonchev–Trinajstić information content (AvgIpc) is 3.05. The number of benzene rings is 1. The number of rotatable bonds is 5. The van der Waals surface area contributed by atoms with Crippen molar-refractivity contribution in [2.24, 2.45) is 11.8 Å². The first-order valence-electron chi connectivity index (χ1n) is 9.80. The van der Waals surface area contributed by atoms with Gasteiger partial charge in [0.15, 0.2) is 0 Å². The lowest BCUT2D eigenvalue weighted by Crippen LogP contribution is -2.36. The average molecular weight is 446 g/mol. The summed E-state index contributed by atoms with van der Waals surface area (Å²) in [6.45, 7) is 5.57. The van der Waals surface area contributed by atoms with Gasteiger partial charge in [0.25, 0.3) is 0 Å². The van der Waals surface area contributed by atoms with Gasteiger partial charge in [-0.25, -0.2) is 9.18 Å². The lowest BCUT2D eigenvalue weighted by Gasteiger charge is -2.29. The number of allylic oxidation sites excluding steroid dienone is 2. The smallest absolute Gasteiger partial charge is 0.341 e. The topological polar surface area (TPSA) is 92.7 Å². The maximum atomic E-state index is 13.4. The number of carboxylic acid groups (broad SMARTS) is 1. The Morgan fingerprint density at radius 3 is 2.19 bits per heavy atom. The molecular formula is C23H24FNO5S. The molecule has 2 atom stereocenters. The number of methoxy groups -OCH3 is 1. The Balaban J connectivity index is 2.00. The number of aryl methyl sites for hydroxylation is 1. The predicted molar refractivity (Wildman–Crippen MR) is 117 cm³/mol. The highest BCUT2D eigenvalue weighted by atomic mass is 32.1. The number of hydrogen-bond donors (Lipinski definition) is 2. The van der Waals surface area contributed by atoms with Gasteiger partial charge < -0.3 is 15.2 Å². The molecule has 1 aromatic carbocycles. The van der Waals surface area contributed by atoms with Gasteiger partial charge in [-0.2, -0.15) is 0 Å². The van der Waals surface area contributed by atoms with Crippen molar-refractivity contribution in [3.63, 3.8) is 0 Å². The first kappa shape index (κ1) is 22.7. The van der Waals surface area contributed by atoms with Crippen molar-refractivity contribution in [1.82, 2.24) is 0 Å². The molecule has 0 fully saturated rings. The molecule has 0 saturated heterocycles. The molecular weight excluding hydrogens is 421 g/mol. The number of aliphatic carboxylic acids is 1. The Kier molecular flexibility index (Phi) is 6.59. The van der Waals surface area contributed by atoms with E-state index in [1.165, 1.54) is 30.6 Å². The molecule has 1 heterocycles. The molecule has 164 valence electrons. The van der Waals surface area contributed by atoms with Crippen molar-refractivity contribution in [3.8, 4) is 11.1 Å². The first-order chi connectivity index (χ1) is 14.6. The fourth-order valence-corrected chi connectivity index (χ4v) is 4.99. The Morgan fingerprint density at radius 2 is 1.65 bits per heavy atom. The maximum Gasteiger partial charge on any atom is 0.341 e. The summed E-state index contributed by atoms with van der Waals surface area (Å²) < 4.78 is 18.3.